The third kappa shape index (κ3) is 2.52. The average Bonchev–Trinajstić information content (AvgIpc) is 2.91. The molecule has 0 aliphatic heterocycles. The highest BCUT2D eigenvalue weighted by atomic mass is 19.1. The minimum absolute atomic E-state index is 0.0899. The number of nitrogens with one attached hydrogen (secondary N) is 1. The number of hydrogen-bond donors (Lipinski definition) is 1. The minimum Gasteiger partial charge on any atom is -0.313 e. The van der Waals surface area contributed by atoms with Crippen molar-refractivity contribution in [2.24, 2.45) is 0 Å². The molecule has 1 N–H and O–H groups in total. The Morgan fingerprint density at radius 1 is 1.14 bits per heavy atom. The molecule has 0 saturated carbocycles. The zero-order valence-corrected chi connectivity index (χ0v) is 11.6. The van der Waals surface area contributed by atoms with Gasteiger partial charge < -0.3 is 5.32 Å². The van der Waals surface area contributed by atoms with Crippen molar-refractivity contribution in [2.75, 3.05) is 7.05 Å². The molecule has 2 aromatic heterocycles. The molecule has 0 saturated heterocycles. The molecule has 5 heteroatoms. The van der Waals surface area contributed by atoms with Crippen LogP contribution >= 0.6 is 0 Å². The highest BCUT2D eigenvalue weighted by molar-refractivity contribution is 5.55. The van der Waals surface area contributed by atoms with Gasteiger partial charge in [-0.05, 0) is 37.7 Å². The molecular formula is C16H15F2N3. The molecule has 0 aliphatic carbocycles. The van der Waals surface area contributed by atoms with E-state index in [2.05, 4.69) is 10.4 Å². The molecule has 0 aliphatic rings. The summed E-state index contributed by atoms with van der Waals surface area (Å²) in [5.41, 5.74) is 1.93. The predicted octanol–water partition coefficient (Wildman–Crippen LogP) is 3.12. The van der Waals surface area contributed by atoms with Gasteiger partial charge in [0.25, 0.3) is 0 Å². The van der Waals surface area contributed by atoms with E-state index in [1.807, 2.05) is 24.4 Å². The first-order valence-corrected chi connectivity index (χ1v) is 6.73. The molecule has 108 valence electrons. The van der Waals surface area contributed by atoms with Crippen LogP contribution in [0.3, 0.4) is 0 Å². The number of benzene rings is 1. The van der Waals surface area contributed by atoms with Gasteiger partial charge in [-0.15, -0.1) is 0 Å². The molecule has 0 amide bonds. The van der Waals surface area contributed by atoms with E-state index >= 15 is 0 Å². The van der Waals surface area contributed by atoms with E-state index in [1.54, 1.807) is 17.8 Å². The molecule has 3 nitrogen and oxygen atoms in total. The van der Waals surface area contributed by atoms with E-state index in [9.17, 15) is 8.78 Å². The number of fused-ring (bicyclic) bond motifs is 1. The first-order valence-electron chi connectivity index (χ1n) is 6.73. The van der Waals surface area contributed by atoms with Gasteiger partial charge in [0.05, 0.1) is 11.7 Å². The number of aromatic nitrogens is 2. The summed E-state index contributed by atoms with van der Waals surface area (Å²) in [6.45, 7) is 0. The minimum atomic E-state index is -0.522. The van der Waals surface area contributed by atoms with Gasteiger partial charge in [-0.2, -0.15) is 5.10 Å². The second-order valence-corrected chi connectivity index (χ2v) is 4.88. The number of likely N-dealkylation sites (N-methyl/N-ethyl adjacent to an activating group) is 1. The Morgan fingerprint density at radius 3 is 2.62 bits per heavy atom. The van der Waals surface area contributed by atoms with Crippen molar-refractivity contribution in [1.82, 2.24) is 14.9 Å². The number of nitrogens with zero attached hydrogens (tertiary/aromatic N) is 2. The van der Waals surface area contributed by atoms with Crippen molar-refractivity contribution in [3.8, 4) is 0 Å². The average molecular weight is 287 g/mol. The summed E-state index contributed by atoms with van der Waals surface area (Å²) >= 11 is 0. The molecule has 21 heavy (non-hydrogen) atoms. The van der Waals surface area contributed by atoms with Crippen LogP contribution in [0.5, 0.6) is 0 Å². The zero-order valence-electron chi connectivity index (χ0n) is 11.6. The van der Waals surface area contributed by atoms with E-state index in [0.29, 0.717) is 0 Å². The van der Waals surface area contributed by atoms with E-state index < -0.39 is 11.6 Å². The smallest absolute Gasteiger partial charge is 0.129 e. The van der Waals surface area contributed by atoms with Crippen molar-refractivity contribution in [2.45, 2.75) is 12.5 Å². The highest BCUT2D eigenvalue weighted by Crippen LogP contribution is 2.25. The lowest BCUT2D eigenvalue weighted by Gasteiger charge is -2.16. The van der Waals surface area contributed by atoms with Crippen molar-refractivity contribution in [3.63, 3.8) is 0 Å². The molecule has 0 bridgehead atoms. The van der Waals surface area contributed by atoms with Gasteiger partial charge in [0.15, 0.2) is 0 Å². The number of halogens is 2. The largest absolute Gasteiger partial charge is 0.313 e. The summed E-state index contributed by atoms with van der Waals surface area (Å²) in [6, 6.07) is 9.45. The second-order valence-electron chi connectivity index (χ2n) is 4.88. The Labute approximate surface area is 121 Å². The predicted molar refractivity (Wildman–Crippen MR) is 77.1 cm³/mol. The lowest BCUT2D eigenvalue weighted by molar-refractivity contribution is 0.516. The quantitative estimate of drug-likeness (QED) is 0.799. The van der Waals surface area contributed by atoms with Gasteiger partial charge in [-0.3, -0.25) is 0 Å². The Balaban J connectivity index is 1.99. The maximum absolute atomic E-state index is 13.8. The topological polar surface area (TPSA) is 29.3 Å². The SMILES string of the molecule is CNC(Cc1c(F)cccc1F)c1cnn2ccccc12. The number of pyridine rings is 1. The maximum atomic E-state index is 13.8. The Bertz CT molecular complexity index is 747. The summed E-state index contributed by atoms with van der Waals surface area (Å²) in [6.07, 6.45) is 3.80. The lowest BCUT2D eigenvalue weighted by atomic mass is 9.99. The van der Waals surface area contributed by atoms with Crippen LogP contribution in [0.2, 0.25) is 0 Å². The molecule has 3 rings (SSSR count). The molecular weight excluding hydrogens is 272 g/mol. The van der Waals surface area contributed by atoms with Crippen molar-refractivity contribution in [1.29, 1.82) is 0 Å². The first kappa shape index (κ1) is 13.7. The van der Waals surface area contributed by atoms with Crippen LogP contribution in [0.25, 0.3) is 5.52 Å². The zero-order chi connectivity index (χ0) is 14.8. The molecule has 0 spiro atoms. The molecule has 0 fully saturated rings. The van der Waals surface area contributed by atoms with Gasteiger partial charge in [0.2, 0.25) is 0 Å². The van der Waals surface area contributed by atoms with Crippen LogP contribution in [-0.2, 0) is 6.42 Å². The van der Waals surface area contributed by atoms with E-state index in [-0.39, 0.29) is 18.0 Å². The maximum Gasteiger partial charge on any atom is 0.129 e. The molecule has 1 atom stereocenters. The Kier molecular flexibility index (Phi) is 3.66. The van der Waals surface area contributed by atoms with Gasteiger partial charge in [0.1, 0.15) is 11.6 Å². The fraction of sp³-hybridized carbons (Fsp3) is 0.188. The molecule has 2 heterocycles. The van der Waals surface area contributed by atoms with Crippen molar-refractivity contribution < 1.29 is 8.78 Å². The van der Waals surface area contributed by atoms with Crippen LogP contribution in [-0.4, -0.2) is 16.7 Å². The van der Waals surface area contributed by atoms with E-state index in [4.69, 9.17) is 0 Å². The molecule has 1 aromatic carbocycles. The van der Waals surface area contributed by atoms with Gasteiger partial charge in [-0.1, -0.05) is 12.1 Å². The monoisotopic (exact) mass is 287 g/mol. The van der Waals surface area contributed by atoms with Crippen LogP contribution in [0.4, 0.5) is 8.78 Å². The third-order valence-corrected chi connectivity index (χ3v) is 3.65. The summed E-state index contributed by atoms with van der Waals surface area (Å²) in [5, 5.41) is 7.38. The van der Waals surface area contributed by atoms with Crippen LogP contribution in [0.15, 0.2) is 48.8 Å². The fourth-order valence-corrected chi connectivity index (χ4v) is 2.52. The first-order chi connectivity index (χ1) is 10.2. The van der Waals surface area contributed by atoms with Crippen molar-refractivity contribution in [3.05, 3.63) is 71.6 Å². The molecule has 0 radical (unpaired) electrons. The van der Waals surface area contributed by atoms with Crippen molar-refractivity contribution >= 4 is 5.52 Å². The summed E-state index contributed by atoms with van der Waals surface area (Å²) in [5.74, 6) is -1.04. The Morgan fingerprint density at radius 2 is 1.90 bits per heavy atom. The third-order valence-electron chi connectivity index (χ3n) is 3.65. The number of hydrogen-bond acceptors (Lipinski definition) is 2. The molecule has 3 aromatic rings. The second kappa shape index (κ2) is 5.61. The summed E-state index contributed by atoms with van der Waals surface area (Å²) in [7, 11) is 1.77. The van der Waals surface area contributed by atoms with Crippen LogP contribution in [0, 0.1) is 11.6 Å². The van der Waals surface area contributed by atoms with Crippen LogP contribution in [0.1, 0.15) is 17.2 Å². The summed E-state index contributed by atoms with van der Waals surface area (Å²) in [4.78, 5) is 0. The standard InChI is InChI=1S/C16H15F2N3/c1-19-15(9-11-13(17)5-4-6-14(11)18)12-10-20-21-8-3-2-7-16(12)21/h2-8,10,15,19H,9H2,1H3. The van der Waals surface area contributed by atoms with Gasteiger partial charge >= 0.3 is 0 Å². The van der Waals surface area contributed by atoms with Gasteiger partial charge in [0, 0.05) is 23.4 Å². The van der Waals surface area contributed by atoms with Gasteiger partial charge in [-0.25, -0.2) is 13.3 Å². The Hall–Kier alpha value is -2.27. The normalized spacial score (nSPS) is 12.7. The molecule has 1 unspecified atom stereocenters. The summed E-state index contributed by atoms with van der Waals surface area (Å²) < 4.78 is 29.4. The lowest BCUT2D eigenvalue weighted by Crippen LogP contribution is -2.20. The van der Waals surface area contributed by atoms with Crippen LogP contribution < -0.4 is 5.32 Å². The fourth-order valence-electron chi connectivity index (χ4n) is 2.52. The van der Waals surface area contributed by atoms with E-state index in [0.717, 1.165) is 11.1 Å². The number of rotatable bonds is 4. The highest BCUT2D eigenvalue weighted by Gasteiger charge is 2.19. The van der Waals surface area contributed by atoms with E-state index in [1.165, 1.54) is 18.2 Å².